The van der Waals surface area contributed by atoms with E-state index in [-0.39, 0.29) is 17.0 Å². The summed E-state index contributed by atoms with van der Waals surface area (Å²) in [6, 6.07) is 14.1. The van der Waals surface area contributed by atoms with Gasteiger partial charge in [-0.15, -0.1) is 11.8 Å². The van der Waals surface area contributed by atoms with Crippen molar-refractivity contribution in [2.24, 2.45) is 0 Å². The molecule has 0 spiro atoms. The SMILES string of the molecule is Cc1cccc(NC(=O)C(C)SCc2ccc(F)cc2)c1. The quantitative estimate of drug-likeness (QED) is 0.887. The van der Waals surface area contributed by atoms with E-state index in [1.165, 1.54) is 23.9 Å². The number of halogens is 1. The summed E-state index contributed by atoms with van der Waals surface area (Å²) in [5.74, 6) is 0.421. The van der Waals surface area contributed by atoms with Crippen molar-refractivity contribution in [1.29, 1.82) is 0 Å². The molecular formula is C17H18FNOS. The predicted octanol–water partition coefficient (Wildman–Crippen LogP) is 4.39. The molecule has 1 unspecified atom stereocenters. The van der Waals surface area contributed by atoms with Crippen LogP contribution in [-0.2, 0) is 10.5 Å². The van der Waals surface area contributed by atoms with Crippen LogP contribution in [-0.4, -0.2) is 11.2 Å². The number of thioether (sulfide) groups is 1. The Morgan fingerprint density at radius 2 is 1.95 bits per heavy atom. The highest BCUT2D eigenvalue weighted by molar-refractivity contribution is 7.99. The lowest BCUT2D eigenvalue weighted by molar-refractivity contribution is -0.115. The Labute approximate surface area is 128 Å². The molecule has 0 heterocycles. The maximum Gasteiger partial charge on any atom is 0.237 e. The van der Waals surface area contributed by atoms with Crippen molar-refractivity contribution in [2.75, 3.05) is 5.32 Å². The zero-order chi connectivity index (χ0) is 15.2. The van der Waals surface area contributed by atoms with Gasteiger partial charge in [-0.05, 0) is 49.2 Å². The minimum Gasteiger partial charge on any atom is -0.325 e. The molecule has 2 aromatic carbocycles. The average Bonchev–Trinajstić information content (AvgIpc) is 2.46. The summed E-state index contributed by atoms with van der Waals surface area (Å²) in [5.41, 5.74) is 2.94. The van der Waals surface area contributed by atoms with Crippen molar-refractivity contribution in [3.8, 4) is 0 Å². The summed E-state index contributed by atoms with van der Waals surface area (Å²) in [6.07, 6.45) is 0. The summed E-state index contributed by atoms with van der Waals surface area (Å²) in [5, 5.41) is 2.74. The van der Waals surface area contributed by atoms with E-state index in [4.69, 9.17) is 0 Å². The van der Waals surface area contributed by atoms with Crippen molar-refractivity contribution in [2.45, 2.75) is 24.9 Å². The molecule has 21 heavy (non-hydrogen) atoms. The van der Waals surface area contributed by atoms with Crippen LogP contribution in [0.3, 0.4) is 0 Å². The lowest BCUT2D eigenvalue weighted by atomic mass is 10.2. The molecule has 0 aliphatic carbocycles. The summed E-state index contributed by atoms with van der Waals surface area (Å²) in [7, 11) is 0. The first-order chi connectivity index (χ1) is 10.0. The van der Waals surface area contributed by atoms with E-state index in [0.717, 1.165) is 16.8 Å². The number of hydrogen-bond donors (Lipinski definition) is 1. The van der Waals surface area contributed by atoms with Crippen molar-refractivity contribution in [3.05, 3.63) is 65.5 Å². The largest absolute Gasteiger partial charge is 0.325 e. The maximum atomic E-state index is 12.8. The first-order valence-electron chi connectivity index (χ1n) is 6.78. The van der Waals surface area contributed by atoms with Crippen LogP contribution >= 0.6 is 11.8 Å². The number of hydrogen-bond acceptors (Lipinski definition) is 2. The van der Waals surface area contributed by atoms with Gasteiger partial charge in [0.15, 0.2) is 0 Å². The van der Waals surface area contributed by atoms with Gasteiger partial charge in [0.2, 0.25) is 5.91 Å². The number of carbonyl (C=O) groups excluding carboxylic acids is 1. The van der Waals surface area contributed by atoms with E-state index in [2.05, 4.69) is 5.32 Å². The molecule has 0 saturated heterocycles. The number of nitrogens with one attached hydrogen (secondary N) is 1. The van der Waals surface area contributed by atoms with Crippen molar-refractivity contribution >= 4 is 23.4 Å². The molecule has 0 aliphatic rings. The van der Waals surface area contributed by atoms with Crippen LogP contribution in [0.15, 0.2) is 48.5 Å². The Morgan fingerprint density at radius 3 is 2.62 bits per heavy atom. The molecule has 1 amide bonds. The Balaban J connectivity index is 1.86. The van der Waals surface area contributed by atoms with Gasteiger partial charge in [-0.2, -0.15) is 0 Å². The van der Waals surface area contributed by atoms with Crippen molar-refractivity contribution < 1.29 is 9.18 Å². The van der Waals surface area contributed by atoms with Crippen LogP contribution in [0.25, 0.3) is 0 Å². The van der Waals surface area contributed by atoms with Gasteiger partial charge in [-0.3, -0.25) is 4.79 Å². The highest BCUT2D eigenvalue weighted by Gasteiger charge is 2.13. The minimum absolute atomic E-state index is 0.0206. The predicted molar refractivity (Wildman–Crippen MR) is 87.0 cm³/mol. The van der Waals surface area contributed by atoms with Gasteiger partial charge in [-0.25, -0.2) is 4.39 Å². The molecular weight excluding hydrogens is 285 g/mol. The van der Waals surface area contributed by atoms with Gasteiger partial charge >= 0.3 is 0 Å². The molecule has 0 saturated carbocycles. The van der Waals surface area contributed by atoms with E-state index in [1.807, 2.05) is 38.1 Å². The highest BCUT2D eigenvalue weighted by atomic mass is 32.2. The van der Waals surface area contributed by atoms with Crippen LogP contribution in [0, 0.1) is 12.7 Å². The van der Waals surface area contributed by atoms with E-state index >= 15 is 0 Å². The van der Waals surface area contributed by atoms with Crippen LogP contribution in [0.1, 0.15) is 18.1 Å². The summed E-state index contributed by atoms with van der Waals surface area (Å²) in [4.78, 5) is 12.1. The van der Waals surface area contributed by atoms with Gasteiger partial charge in [0.05, 0.1) is 5.25 Å². The van der Waals surface area contributed by atoms with Gasteiger partial charge in [0.1, 0.15) is 5.82 Å². The Hall–Kier alpha value is -1.81. The third-order valence-electron chi connectivity index (χ3n) is 3.07. The summed E-state index contributed by atoms with van der Waals surface area (Å²) in [6.45, 7) is 3.86. The molecule has 2 nitrogen and oxygen atoms in total. The first-order valence-corrected chi connectivity index (χ1v) is 7.83. The third kappa shape index (κ3) is 4.90. The number of benzene rings is 2. The molecule has 1 atom stereocenters. The molecule has 2 rings (SSSR count). The van der Waals surface area contributed by atoms with Crippen LogP contribution < -0.4 is 5.32 Å². The fourth-order valence-corrected chi connectivity index (χ4v) is 2.69. The third-order valence-corrected chi connectivity index (χ3v) is 4.28. The number of rotatable bonds is 5. The second-order valence-corrected chi connectivity index (χ2v) is 6.27. The van der Waals surface area contributed by atoms with E-state index in [1.54, 1.807) is 12.1 Å². The first kappa shape index (κ1) is 15.6. The smallest absolute Gasteiger partial charge is 0.237 e. The zero-order valence-electron chi connectivity index (χ0n) is 12.1. The Bertz CT molecular complexity index is 612. The number of aryl methyl sites for hydroxylation is 1. The fraction of sp³-hybridized carbons (Fsp3) is 0.235. The standard InChI is InChI=1S/C17H18FNOS/c1-12-4-3-5-16(10-12)19-17(20)13(2)21-11-14-6-8-15(18)9-7-14/h3-10,13H,11H2,1-2H3,(H,19,20). The van der Waals surface area contributed by atoms with Gasteiger partial charge in [0.25, 0.3) is 0 Å². The molecule has 110 valence electrons. The normalized spacial score (nSPS) is 12.0. The molecule has 0 aliphatic heterocycles. The van der Waals surface area contributed by atoms with Crippen molar-refractivity contribution in [1.82, 2.24) is 0 Å². The monoisotopic (exact) mass is 303 g/mol. The molecule has 0 fully saturated rings. The lowest BCUT2D eigenvalue weighted by Gasteiger charge is -2.12. The zero-order valence-corrected chi connectivity index (χ0v) is 12.9. The second kappa shape index (κ2) is 7.27. The number of carbonyl (C=O) groups is 1. The van der Waals surface area contributed by atoms with E-state index < -0.39 is 0 Å². The van der Waals surface area contributed by atoms with E-state index in [0.29, 0.717) is 5.75 Å². The minimum atomic E-state index is -0.242. The molecule has 0 radical (unpaired) electrons. The Kier molecular flexibility index (Phi) is 5.39. The second-order valence-electron chi connectivity index (χ2n) is 4.94. The molecule has 0 bridgehead atoms. The molecule has 4 heteroatoms. The number of amides is 1. The number of anilines is 1. The van der Waals surface area contributed by atoms with Crippen molar-refractivity contribution in [3.63, 3.8) is 0 Å². The highest BCUT2D eigenvalue weighted by Crippen LogP contribution is 2.20. The van der Waals surface area contributed by atoms with Gasteiger partial charge in [-0.1, -0.05) is 24.3 Å². The molecule has 2 aromatic rings. The summed E-state index contributed by atoms with van der Waals surface area (Å²) >= 11 is 1.53. The van der Waals surface area contributed by atoms with Crippen LogP contribution in [0.5, 0.6) is 0 Å². The van der Waals surface area contributed by atoms with Crippen LogP contribution in [0.2, 0.25) is 0 Å². The summed E-state index contributed by atoms with van der Waals surface area (Å²) < 4.78 is 12.8. The fourth-order valence-electron chi connectivity index (χ4n) is 1.84. The Morgan fingerprint density at radius 1 is 1.24 bits per heavy atom. The molecule has 1 N–H and O–H groups in total. The van der Waals surface area contributed by atoms with E-state index in [9.17, 15) is 9.18 Å². The van der Waals surface area contributed by atoms with Gasteiger partial charge < -0.3 is 5.32 Å². The average molecular weight is 303 g/mol. The topological polar surface area (TPSA) is 29.1 Å². The van der Waals surface area contributed by atoms with Gasteiger partial charge in [0, 0.05) is 11.4 Å². The maximum absolute atomic E-state index is 12.8. The molecule has 0 aromatic heterocycles. The van der Waals surface area contributed by atoms with Crippen LogP contribution in [0.4, 0.5) is 10.1 Å². The lowest BCUT2D eigenvalue weighted by Crippen LogP contribution is -2.22.